The molecule has 0 saturated carbocycles. The average Bonchev–Trinajstić information content (AvgIpc) is 2.66. The van der Waals surface area contributed by atoms with Crippen molar-refractivity contribution < 1.29 is 9.32 Å². The Labute approximate surface area is 108 Å². The Morgan fingerprint density at radius 2 is 2.22 bits per heavy atom. The number of anilines is 1. The van der Waals surface area contributed by atoms with E-state index in [1.807, 2.05) is 12.1 Å². The van der Waals surface area contributed by atoms with Gasteiger partial charge in [0.05, 0.1) is 5.75 Å². The predicted octanol–water partition coefficient (Wildman–Crippen LogP) is 1.76. The molecule has 5 nitrogen and oxygen atoms in total. The topological polar surface area (TPSA) is 78.2 Å². The van der Waals surface area contributed by atoms with E-state index in [4.69, 9.17) is 10.3 Å². The summed E-state index contributed by atoms with van der Waals surface area (Å²) in [5.74, 6) is 0.152. The molecule has 0 aliphatic rings. The van der Waals surface area contributed by atoms with Crippen LogP contribution in [0.4, 0.5) is 5.69 Å². The van der Waals surface area contributed by atoms with E-state index in [0.29, 0.717) is 11.4 Å². The van der Waals surface area contributed by atoms with Crippen LogP contribution in [0.15, 0.2) is 44.5 Å². The molecule has 6 heteroatoms. The predicted molar refractivity (Wildman–Crippen MR) is 69.9 cm³/mol. The van der Waals surface area contributed by atoms with Crippen molar-refractivity contribution in [3.8, 4) is 0 Å². The van der Waals surface area contributed by atoms with E-state index in [1.165, 1.54) is 17.8 Å². The number of thioether (sulfide) groups is 1. The van der Waals surface area contributed by atoms with Crippen molar-refractivity contribution in [2.75, 3.05) is 11.5 Å². The van der Waals surface area contributed by atoms with E-state index in [2.05, 4.69) is 0 Å². The van der Waals surface area contributed by atoms with E-state index in [-0.39, 0.29) is 11.7 Å². The maximum atomic E-state index is 11.8. The number of carbonyl (C=O) groups excluding carboxylic acids is 1. The van der Waals surface area contributed by atoms with Crippen LogP contribution in [0, 0.1) is 6.92 Å². The molecule has 0 bridgehead atoms. The summed E-state index contributed by atoms with van der Waals surface area (Å²) in [6.07, 6.45) is 0. The Kier molecular flexibility index (Phi) is 3.57. The van der Waals surface area contributed by atoms with Gasteiger partial charge in [-0.1, -0.05) is 6.07 Å². The number of rotatable bonds is 3. The van der Waals surface area contributed by atoms with Crippen molar-refractivity contribution in [2.45, 2.75) is 11.8 Å². The van der Waals surface area contributed by atoms with Crippen molar-refractivity contribution in [1.29, 1.82) is 0 Å². The van der Waals surface area contributed by atoms with Crippen LogP contribution in [0.3, 0.4) is 0 Å². The van der Waals surface area contributed by atoms with Crippen LogP contribution in [-0.4, -0.2) is 16.4 Å². The first-order valence-corrected chi connectivity index (χ1v) is 6.26. The number of nitrogens with zero attached hydrogens (tertiary/aromatic N) is 1. The minimum atomic E-state index is -0.439. The highest BCUT2D eigenvalue weighted by Crippen LogP contribution is 2.20. The van der Waals surface area contributed by atoms with Crippen LogP contribution < -0.4 is 11.3 Å². The highest BCUT2D eigenvalue weighted by Gasteiger charge is 2.12. The van der Waals surface area contributed by atoms with Gasteiger partial charge in [0, 0.05) is 16.6 Å². The Morgan fingerprint density at radius 1 is 1.44 bits per heavy atom. The zero-order valence-corrected chi connectivity index (χ0v) is 10.6. The molecule has 0 fully saturated rings. The van der Waals surface area contributed by atoms with Crippen molar-refractivity contribution in [1.82, 2.24) is 4.74 Å². The third-order valence-electron chi connectivity index (χ3n) is 2.21. The van der Waals surface area contributed by atoms with Crippen LogP contribution in [0.2, 0.25) is 0 Å². The van der Waals surface area contributed by atoms with E-state index in [0.717, 1.165) is 9.64 Å². The minimum absolute atomic E-state index is 0.121. The van der Waals surface area contributed by atoms with Crippen LogP contribution in [-0.2, 0) is 0 Å². The van der Waals surface area contributed by atoms with Gasteiger partial charge in [0.2, 0.25) is 0 Å². The Bertz CT molecular complexity index is 630. The normalized spacial score (nSPS) is 10.5. The SMILES string of the molecule is Cc1cc(=O)n(C(=O)CSc2cccc(N)c2)o1. The average molecular weight is 264 g/mol. The summed E-state index contributed by atoms with van der Waals surface area (Å²) in [7, 11) is 0. The number of benzene rings is 1. The summed E-state index contributed by atoms with van der Waals surface area (Å²) < 4.78 is 5.78. The zero-order valence-electron chi connectivity index (χ0n) is 9.75. The maximum Gasteiger partial charge on any atom is 0.290 e. The molecule has 0 radical (unpaired) electrons. The molecular formula is C12H12N2O3S. The standard InChI is InChI=1S/C12H12N2O3S/c1-8-5-11(15)14(17-8)12(16)7-18-10-4-2-3-9(13)6-10/h2-6H,7,13H2,1H3. The number of hydrogen-bond donors (Lipinski definition) is 1. The highest BCUT2D eigenvalue weighted by molar-refractivity contribution is 8.00. The maximum absolute atomic E-state index is 11.8. The van der Waals surface area contributed by atoms with Gasteiger partial charge in [-0.25, -0.2) is 0 Å². The summed E-state index contributed by atoms with van der Waals surface area (Å²) in [5.41, 5.74) is 5.83. The first kappa shape index (κ1) is 12.5. The fourth-order valence-corrected chi connectivity index (χ4v) is 2.23. The summed E-state index contributed by atoms with van der Waals surface area (Å²) in [5, 5.41) is 0. The Morgan fingerprint density at radius 3 is 2.83 bits per heavy atom. The number of nitrogen functional groups attached to an aromatic ring is 1. The molecule has 1 aromatic heterocycles. The molecular weight excluding hydrogens is 252 g/mol. The molecule has 94 valence electrons. The third kappa shape index (κ3) is 2.84. The van der Waals surface area contributed by atoms with Crippen molar-refractivity contribution >= 4 is 23.4 Å². The fraction of sp³-hybridized carbons (Fsp3) is 0.167. The lowest BCUT2D eigenvalue weighted by Gasteiger charge is -2.01. The fourth-order valence-electron chi connectivity index (χ4n) is 1.43. The van der Waals surface area contributed by atoms with Crippen molar-refractivity contribution in [3.63, 3.8) is 0 Å². The Balaban J connectivity index is 2.05. The molecule has 2 rings (SSSR count). The van der Waals surface area contributed by atoms with Gasteiger partial charge in [-0.15, -0.1) is 16.5 Å². The number of nitrogens with two attached hydrogens (primary N) is 1. The van der Waals surface area contributed by atoms with Gasteiger partial charge < -0.3 is 10.3 Å². The lowest BCUT2D eigenvalue weighted by Crippen LogP contribution is -2.23. The number of hydrogen-bond acceptors (Lipinski definition) is 5. The number of aryl methyl sites for hydroxylation is 1. The van der Waals surface area contributed by atoms with E-state index >= 15 is 0 Å². The van der Waals surface area contributed by atoms with Gasteiger partial charge in [0.25, 0.3) is 11.5 Å². The van der Waals surface area contributed by atoms with Gasteiger partial charge in [-0.05, 0) is 25.1 Å². The molecule has 0 aliphatic carbocycles. The molecule has 0 saturated heterocycles. The molecule has 2 N–H and O–H groups in total. The van der Waals surface area contributed by atoms with E-state index in [1.54, 1.807) is 19.1 Å². The van der Waals surface area contributed by atoms with Gasteiger partial charge in [-0.2, -0.15) is 0 Å². The smallest absolute Gasteiger partial charge is 0.290 e. The zero-order chi connectivity index (χ0) is 13.1. The van der Waals surface area contributed by atoms with E-state index < -0.39 is 5.56 Å². The van der Waals surface area contributed by atoms with Crippen molar-refractivity contribution in [3.05, 3.63) is 46.4 Å². The summed E-state index contributed by atoms with van der Waals surface area (Å²) in [6.45, 7) is 1.62. The molecule has 0 aliphatic heterocycles. The first-order valence-electron chi connectivity index (χ1n) is 5.28. The highest BCUT2D eigenvalue weighted by atomic mass is 32.2. The molecule has 1 heterocycles. The third-order valence-corrected chi connectivity index (χ3v) is 3.19. The molecule has 0 unspecified atom stereocenters. The summed E-state index contributed by atoms with van der Waals surface area (Å²) in [6, 6.07) is 8.49. The van der Waals surface area contributed by atoms with Crippen LogP contribution >= 0.6 is 11.8 Å². The molecule has 0 spiro atoms. The molecule has 0 atom stereocenters. The van der Waals surface area contributed by atoms with Gasteiger partial charge >= 0.3 is 0 Å². The van der Waals surface area contributed by atoms with E-state index in [9.17, 15) is 9.59 Å². The molecule has 18 heavy (non-hydrogen) atoms. The molecule has 1 aromatic carbocycles. The van der Waals surface area contributed by atoms with Crippen LogP contribution in [0.5, 0.6) is 0 Å². The monoisotopic (exact) mass is 264 g/mol. The molecule has 0 amide bonds. The number of aromatic nitrogens is 1. The van der Waals surface area contributed by atoms with Gasteiger partial charge in [0.15, 0.2) is 0 Å². The van der Waals surface area contributed by atoms with Crippen molar-refractivity contribution in [2.24, 2.45) is 0 Å². The second-order valence-electron chi connectivity index (χ2n) is 3.73. The minimum Gasteiger partial charge on any atom is -0.399 e. The summed E-state index contributed by atoms with van der Waals surface area (Å²) >= 11 is 1.31. The quantitative estimate of drug-likeness (QED) is 0.675. The van der Waals surface area contributed by atoms with Crippen LogP contribution in [0.1, 0.15) is 10.6 Å². The summed E-state index contributed by atoms with van der Waals surface area (Å²) in [4.78, 5) is 24.0. The second-order valence-corrected chi connectivity index (χ2v) is 4.78. The Hall–Kier alpha value is -1.95. The van der Waals surface area contributed by atoms with Crippen LogP contribution in [0.25, 0.3) is 0 Å². The first-order chi connectivity index (χ1) is 8.56. The second kappa shape index (κ2) is 5.14. The number of carbonyl (C=O) groups is 1. The van der Waals surface area contributed by atoms with Gasteiger partial charge in [0.1, 0.15) is 5.76 Å². The lowest BCUT2D eigenvalue weighted by molar-refractivity contribution is 0.0813. The van der Waals surface area contributed by atoms with Gasteiger partial charge in [-0.3, -0.25) is 9.59 Å². The molecule has 2 aromatic rings. The largest absolute Gasteiger partial charge is 0.399 e. The lowest BCUT2D eigenvalue weighted by atomic mass is 10.3.